The number of ether oxygens (including phenoxy) is 2. The predicted octanol–water partition coefficient (Wildman–Crippen LogP) is 2.91. The van der Waals surface area contributed by atoms with Gasteiger partial charge in [0.25, 0.3) is 0 Å². The summed E-state index contributed by atoms with van der Waals surface area (Å²) >= 11 is 0. The third-order valence-electron chi connectivity index (χ3n) is 3.74. The molecule has 1 heterocycles. The number of rotatable bonds is 5. The summed E-state index contributed by atoms with van der Waals surface area (Å²) in [7, 11) is 0.732. The number of carbonyl (C=O) groups excluding carboxylic acids is 1. The molecule has 0 bridgehead atoms. The average Bonchev–Trinajstić information content (AvgIpc) is 2.43. The highest BCUT2D eigenvalue weighted by atomic mass is 28.3. The molecule has 0 saturated carbocycles. The molecule has 6 heteroatoms. The summed E-state index contributed by atoms with van der Waals surface area (Å²) in [5.41, 5.74) is 0.00586. The molecule has 1 aliphatic rings. The number of carbonyl (C=O) groups is 1. The van der Waals surface area contributed by atoms with Crippen molar-refractivity contribution in [3.63, 3.8) is 0 Å². The Kier molecular flexibility index (Phi) is 7.06. The highest BCUT2D eigenvalue weighted by Gasteiger charge is 2.41. The van der Waals surface area contributed by atoms with Crippen molar-refractivity contribution in [1.82, 2.24) is 0 Å². The first-order valence-electron chi connectivity index (χ1n) is 7.92. The van der Waals surface area contributed by atoms with Crippen molar-refractivity contribution in [1.29, 1.82) is 0 Å². The Morgan fingerprint density at radius 3 is 2.50 bits per heavy atom. The van der Waals surface area contributed by atoms with Crippen molar-refractivity contribution in [3.8, 4) is 0 Å². The topological polar surface area (TPSA) is 57.1 Å². The summed E-state index contributed by atoms with van der Waals surface area (Å²) < 4.78 is 16.7. The van der Waals surface area contributed by atoms with Crippen LogP contribution in [0.1, 0.15) is 34.1 Å². The van der Waals surface area contributed by atoms with Gasteiger partial charge in [0.1, 0.15) is 5.92 Å². The number of hydrogen-bond donors (Lipinski definition) is 0. The third-order valence-corrected chi connectivity index (χ3v) is 4.47. The van der Waals surface area contributed by atoms with Crippen molar-refractivity contribution in [2.75, 3.05) is 20.3 Å². The molecule has 3 atom stereocenters. The quantitative estimate of drug-likeness (QED) is 0.575. The third kappa shape index (κ3) is 5.09. The normalized spacial score (nSPS) is 23.9. The zero-order valence-corrected chi connectivity index (χ0v) is 15.9. The van der Waals surface area contributed by atoms with Gasteiger partial charge in [0, 0.05) is 12.5 Å². The minimum Gasteiger partial charge on any atom is -0.484 e. The average molecular weight is 329 g/mol. The summed E-state index contributed by atoms with van der Waals surface area (Å²) in [6.07, 6.45) is 0.748. The molecule has 0 saturated heterocycles. The van der Waals surface area contributed by atoms with Gasteiger partial charge >= 0.3 is 5.97 Å². The Bertz CT molecular complexity index is 403. The van der Waals surface area contributed by atoms with E-state index in [4.69, 9.17) is 13.9 Å². The molecule has 3 unspecified atom stereocenters. The van der Waals surface area contributed by atoms with E-state index in [-0.39, 0.29) is 23.4 Å². The number of nitrogens with zero attached hydrogens (tertiary/aromatic N) is 1. The fraction of sp³-hybridized carbons (Fsp3) is 0.875. The minimum atomic E-state index is -0.826. The van der Waals surface area contributed by atoms with Crippen molar-refractivity contribution in [2.24, 2.45) is 22.2 Å². The first-order chi connectivity index (χ1) is 10.2. The summed E-state index contributed by atoms with van der Waals surface area (Å²) in [5.74, 6) is 0.0228. The molecule has 1 radical (unpaired) electrons. The second-order valence-corrected chi connectivity index (χ2v) is 9.05. The second-order valence-electron chi connectivity index (χ2n) is 7.00. The number of hydrogen-bond acceptors (Lipinski definition) is 5. The predicted molar refractivity (Wildman–Crippen MR) is 89.4 cm³/mol. The number of methoxy groups -OCH3 is 1. The van der Waals surface area contributed by atoms with Gasteiger partial charge in [0.05, 0.1) is 19.8 Å². The molecule has 0 fully saturated rings. The van der Waals surface area contributed by atoms with Crippen LogP contribution in [0.5, 0.6) is 0 Å². The lowest BCUT2D eigenvalue weighted by Gasteiger charge is -2.40. The van der Waals surface area contributed by atoms with Gasteiger partial charge in [-0.15, -0.1) is 0 Å². The van der Waals surface area contributed by atoms with Gasteiger partial charge in [-0.05, 0) is 31.9 Å². The first kappa shape index (κ1) is 19.2. The fourth-order valence-electron chi connectivity index (χ4n) is 2.90. The van der Waals surface area contributed by atoms with E-state index in [0.717, 1.165) is 0 Å². The Balaban J connectivity index is 2.96. The van der Waals surface area contributed by atoms with Crippen LogP contribution >= 0.6 is 0 Å². The summed E-state index contributed by atoms with van der Waals surface area (Å²) in [4.78, 5) is 16.7. The first-order valence-corrected chi connectivity index (χ1v) is 10.3. The molecule has 0 aromatic rings. The number of aliphatic imine (C=N–C) groups is 1. The fourth-order valence-corrected chi connectivity index (χ4v) is 3.95. The molecule has 0 aromatic heterocycles. The number of esters is 1. The van der Waals surface area contributed by atoms with Gasteiger partial charge in [0.15, 0.2) is 5.90 Å². The van der Waals surface area contributed by atoms with E-state index in [1.54, 1.807) is 7.11 Å². The van der Waals surface area contributed by atoms with Gasteiger partial charge in [-0.3, -0.25) is 9.79 Å². The molecule has 1 aliphatic heterocycles. The lowest BCUT2D eigenvalue weighted by molar-refractivity contribution is -0.147. The van der Waals surface area contributed by atoms with Crippen LogP contribution in [0, 0.1) is 17.3 Å². The summed E-state index contributed by atoms with van der Waals surface area (Å²) in [6.45, 7) is 13.6. The van der Waals surface area contributed by atoms with Gasteiger partial charge in [-0.25, -0.2) is 0 Å². The van der Waals surface area contributed by atoms with E-state index >= 15 is 0 Å². The maximum Gasteiger partial charge on any atom is 0.318 e. The smallest absolute Gasteiger partial charge is 0.318 e. The summed E-state index contributed by atoms with van der Waals surface area (Å²) in [6, 6.07) is 0. The molecule has 127 valence electrons. The zero-order valence-electron chi connectivity index (χ0n) is 14.9. The van der Waals surface area contributed by atoms with Crippen LogP contribution < -0.4 is 0 Å². The van der Waals surface area contributed by atoms with Crippen molar-refractivity contribution in [3.05, 3.63) is 0 Å². The van der Waals surface area contributed by atoms with Crippen LogP contribution in [0.15, 0.2) is 4.99 Å². The molecule has 0 N–H and O–H groups in total. The van der Waals surface area contributed by atoms with Gasteiger partial charge in [-0.2, -0.15) is 0 Å². The monoisotopic (exact) mass is 328 g/mol. The van der Waals surface area contributed by atoms with Crippen molar-refractivity contribution in [2.45, 2.75) is 53.3 Å². The molecule has 0 amide bonds. The van der Waals surface area contributed by atoms with Gasteiger partial charge < -0.3 is 13.9 Å². The van der Waals surface area contributed by atoms with Crippen LogP contribution in [0.4, 0.5) is 0 Å². The lowest BCUT2D eigenvalue weighted by Crippen LogP contribution is -2.45. The van der Waals surface area contributed by atoms with E-state index in [1.807, 2.05) is 6.92 Å². The molecule has 1 rings (SSSR count). The van der Waals surface area contributed by atoms with Crippen molar-refractivity contribution >= 4 is 20.9 Å². The standard InChI is InChI=1S/C16H30NO4Si/c1-8-20-15(18)12-9-11(10-17-14(12)19-5)13(16(2,3)4)21-22(6)7/h11-13H,8-10H2,1-7H3. The SMILES string of the molecule is CCOC(=O)C1CC(C(O[Si](C)C)C(C)(C)C)CN=C1OC. The van der Waals surface area contributed by atoms with Crippen molar-refractivity contribution < 1.29 is 18.7 Å². The Labute approximate surface area is 136 Å². The maximum absolute atomic E-state index is 12.2. The van der Waals surface area contributed by atoms with E-state index in [1.165, 1.54) is 0 Å². The highest BCUT2D eigenvalue weighted by Crippen LogP contribution is 2.35. The van der Waals surface area contributed by atoms with Crippen LogP contribution in [0.2, 0.25) is 13.1 Å². The van der Waals surface area contributed by atoms with Crippen LogP contribution in [-0.4, -0.2) is 47.3 Å². The molecule has 0 aliphatic carbocycles. The lowest BCUT2D eigenvalue weighted by atomic mass is 9.76. The molecule has 0 aromatic carbocycles. The summed E-state index contributed by atoms with van der Waals surface area (Å²) in [5, 5.41) is 0. The Morgan fingerprint density at radius 2 is 2.05 bits per heavy atom. The van der Waals surface area contributed by atoms with E-state index < -0.39 is 15.0 Å². The molecule has 0 spiro atoms. The maximum atomic E-state index is 12.2. The Hall–Kier alpha value is -0.883. The van der Waals surface area contributed by atoms with Gasteiger partial charge in [0.2, 0.25) is 9.04 Å². The molecular weight excluding hydrogens is 298 g/mol. The molecule has 22 heavy (non-hydrogen) atoms. The van der Waals surface area contributed by atoms with E-state index in [2.05, 4.69) is 38.9 Å². The van der Waals surface area contributed by atoms with Crippen LogP contribution in [0.25, 0.3) is 0 Å². The molecule has 5 nitrogen and oxygen atoms in total. The van der Waals surface area contributed by atoms with E-state index in [0.29, 0.717) is 25.5 Å². The second kappa shape index (κ2) is 8.11. The van der Waals surface area contributed by atoms with E-state index in [9.17, 15) is 4.79 Å². The minimum absolute atomic E-state index is 0.00586. The molecular formula is C16H30NO4Si. The van der Waals surface area contributed by atoms with Crippen LogP contribution in [0.3, 0.4) is 0 Å². The largest absolute Gasteiger partial charge is 0.484 e. The van der Waals surface area contributed by atoms with Gasteiger partial charge in [-0.1, -0.05) is 20.8 Å². The Morgan fingerprint density at radius 1 is 1.41 bits per heavy atom. The van der Waals surface area contributed by atoms with Crippen LogP contribution in [-0.2, 0) is 18.7 Å². The highest BCUT2D eigenvalue weighted by molar-refractivity contribution is 6.48. The zero-order chi connectivity index (χ0) is 16.9.